The van der Waals surface area contributed by atoms with E-state index in [9.17, 15) is 4.79 Å². The maximum atomic E-state index is 12.4. The van der Waals surface area contributed by atoms with E-state index in [1.165, 1.54) is 0 Å². The number of hydrogen-bond acceptors (Lipinski definition) is 3. The molecule has 5 nitrogen and oxygen atoms in total. The molecule has 1 N–H and O–H groups in total. The lowest BCUT2D eigenvalue weighted by molar-refractivity contribution is 0.0665. The summed E-state index contributed by atoms with van der Waals surface area (Å²) in [4.78, 5) is 16.7. The first-order valence-electron chi connectivity index (χ1n) is 7.48. The summed E-state index contributed by atoms with van der Waals surface area (Å²) in [6.45, 7) is 9.19. The van der Waals surface area contributed by atoms with E-state index in [2.05, 4.69) is 36.0 Å². The van der Waals surface area contributed by atoms with Gasteiger partial charge in [0.1, 0.15) is 0 Å². The van der Waals surface area contributed by atoms with Crippen molar-refractivity contribution < 1.29 is 4.79 Å². The Morgan fingerprint density at radius 3 is 2.65 bits per heavy atom. The molecule has 2 heterocycles. The molecule has 0 aliphatic carbocycles. The molecule has 0 unspecified atom stereocenters. The smallest absolute Gasteiger partial charge is 0.257 e. The van der Waals surface area contributed by atoms with Crippen molar-refractivity contribution in [3.63, 3.8) is 0 Å². The summed E-state index contributed by atoms with van der Waals surface area (Å²) in [5.41, 5.74) is 1.57. The third-order valence-corrected chi connectivity index (χ3v) is 4.39. The number of piperidine rings is 1. The SMILES string of the molecule is Cc1[nH]ncc1C(=O)N1CCC(CN(C)C(C)C)CC1. The lowest BCUT2D eigenvalue weighted by Gasteiger charge is -2.34. The van der Waals surface area contributed by atoms with Gasteiger partial charge in [-0.3, -0.25) is 9.89 Å². The van der Waals surface area contributed by atoms with Crippen LogP contribution in [0.25, 0.3) is 0 Å². The van der Waals surface area contributed by atoms with Gasteiger partial charge in [-0.15, -0.1) is 0 Å². The number of carbonyl (C=O) groups excluding carboxylic acids is 1. The molecular weight excluding hydrogens is 252 g/mol. The molecule has 0 radical (unpaired) electrons. The van der Waals surface area contributed by atoms with Crippen molar-refractivity contribution in [2.24, 2.45) is 5.92 Å². The third-order valence-electron chi connectivity index (χ3n) is 4.39. The van der Waals surface area contributed by atoms with Crippen LogP contribution < -0.4 is 0 Å². The van der Waals surface area contributed by atoms with Crippen molar-refractivity contribution in [2.45, 2.75) is 39.7 Å². The fraction of sp³-hybridized carbons (Fsp3) is 0.733. The van der Waals surface area contributed by atoms with Gasteiger partial charge in [-0.25, -0.2) is 0 Å². The standard InChI is InChI=1S/C15H26N4O/c1-11(2)18(4)10-13-5-7-19(8-6-13)15(20)14-9-16-17-12(14)3/h9,11,13H,5-8,10H2,1-4H3,(H,16,17). The molecule has 1 aromatic heterocycles. The van der Waals surface area contributed by atoms with Crippen LogP contribution in [0, 0.1) is 12.8 Å². The normalized spacial score (nSPS) is 17.2. The predicted octanol–water partition coefficient (Wildman–Crippen LogP) is 1.91. The molecule has 0 saturated carbocycles. The van der Waals surface area contributed by atoms with E-state index in [1.807, 2.05) is 11.8 Å². The minimum absolute atomic E-state index is 0.118. The third kappa shape index (κ3) is 3.39. The van der Waals surface area contributed by atoms with Crippen LogP contribution in [0.3, 0.4) is 0 Å². The molecule has 1 aromatic rings. The summed E-state index contributed by atoms with van der Waals surface area (Å²) in [5.74, 6) is 0.823. The highest BCUT2D eigenvalue weighted by molar-refractivity contribution is 5.95. The van der Waals surface area contributed by atoms with Crippen LogP contribution in [-0.4, -0.2) is 58.6 Å². The molecule has 1 aliphatic rings. The van der Waals surface area contributed by atoms with Gasteiger partial charge in [-0.05, 0) is 46.6 Å². The molecule has 0 spiro atoms. The number of likely N-dealkylation sites (tertiary alicyclic amines) is 1. The van der Waals surface area contributed by atoms with Crippen molar-refractivity contribution in [2.75, 3.05) is 26.7 Å². The lowest BCUT2D eigenvalue weighted by Crippen LogP contribution is -2.42. The molecule has 1 amide bonds. The van der Waals surface area contributed by atoms with Crippen LogP contribution in [0.4, 0.5) is 0 Å². The summed E-state index contributed by atoms with van der Waals surface area (Å²) in [6.07, 6.45) is 3.83. The van der Waals surface area contributed by atoms with Gasteiger partial charge in [0.2, 0.25) is 0 Å². The number of nitrogens with one attached hydrogen (secondary N) is 1. The van der Waals surface area contributed by atoms with E-state index in [4.69, 9.17) is 0 Å². The number of nitrogens with zero attached hydrogens (tertiary/aromatic N) is 3. The van der Waals surface area contributed by atoms with Gasteiger partial charge in [-0.1, -0.05) is 0 Å². The maximum Gasteiger partial charge on any atom is 0.257 e. The number of amides is 1. The molecule has 20 heavy (non-hydrogen) atoms. The monoisotopic (exact) mass is 278 g/mol. The summed E-state index contributed by atoms with van der Waals surface area (Å²) >= 11 is 0. The highest BCUT2D eigenvalue weighted by Gasteiger charge is 2.25. The van der Waals surface area contributed by atoms with Crippen LogP contribution in [0.15, 0.2) is 6.20 Å². The van der Waals surface area contributed by atoms with E-state index in [1.54, 1.807) is 6.20 Å². The number of aromatic amines is 1. The zero-order chi connectivity index (χ0) is 14.7. The van der Waals surface area contributed by atoms with E-state index in [-0.39, 0.29) is 5.91 Å². The van der Waals surface area contributed by atoms with Gasteiger partial charge in [0.15, 0.2) is 0 Å². The minimum atomic E-state index is 0.118. The van der Waals surface area contributed by atoms with Crippen LogP contribution in [0.2, 0.25) is 0 Å². The second-order valence-electron chi connectivity index (χ2n) is 6.18. The average Bonchev–Trinajstić information content (AvgIpc) is 2.85. The Hall–Kier alpha value is -1.36. The Balaban J connectivity index is 1.85. The summed E-state index contributed by atoms with van der Waals surface area (Å²) in [6, 6.07) is 0.586. The van der Waals surface area contributed by atoms with Crippen LogP contribution in [-0.2, 0) is 0 Å². The second kappa shape index (κ2) is 6.39. The number of aryl methyl sites for hydroxylation is 1. The second-order valence-corrected chi connectivity index (χ2v) is 6.18. The van der Waals surface area contributed by atoms with E-state index in [0.717, 1.165) is 38.2 Å². The molecule has 1 fully saturated rings. The highest BCUT2D eigenvalue weighted by Crippen LogP contribution is 2.20. The number of aromatic nitrogens is 2. The van der Waals surface area contributed by atoms with Crippen molar-refractivity contribution in [3.05, 3.63) is 17.5 Å². The van der Waals surface area contributed by atoms with Gasteiger partial charge in [0.25, 0.3) is 5.91 Å². The Morgan fingerprint density at radius 1 is 1.50 bits per heavy atom. The predicted molar refractivity (Wildman–Crippen MR) is 79.7 cm³/mol. The Kier molecular flexibility index (Phi) is 4.81. The van der Waals surface area contributed by atoms with E-state index in [0.29, 0.717) is 17.5 Å². The number of H-pyrrole nitrogens is 1. The topological polar surface area (TPSA) is 52.2 Å². The van der Waals surface area contributed by atoms with E-state index >= 15 is 0 Å². The van der Waals surface area contributed by atoms with Crippen LogP contribution in [0.1, 0.15) is 42.7 Å². The molecule has 2 rings (SSSR count). The first-order chi connectivity index (χ1) is 9.49. The Labute approximate surface area is 121 Å². The van der Waals surface area contributed by atoms with E-state index < -0.39 is 0 Å². The van der Waals surface area contributed by atoms with Crippen LogP contribution >= 0.6 is 0 Å². The van der Waals surface area contributed by atoms with Crippen molar-refractivity contribution in [1.82, 2.24) is 20.0 Å². The molecule has 112 valence electrons. The molecule has 1 saturated heterocycles. The van der Waals surface area contributed by atoms with Gasteiger partial charge < -0.3 is 9.80 Å². The fourth-order valence-corrected chi connectivity index (χ4v) is 2.67. The molecule has 5 heteroatoms. The summed E-state index contributed by atoms with van der Waals surface area (Å²) in [7, 11) is 2.18. The number of hydrogen-bond donors (Lipinski definition) is 1. The van der Waals surface area contributed by atoms with Crippen molar-refractivity contribution in [3.8, 4) is 0 Å². The number of rotatable bonds is 4. The Morgan fingerprint density at radius 2 is 2.15 bits per heavy atom. The van der Waals surface area contributed by atoms with Crippen molar-refractivity contribution >= 4 is 5.91 Å². The van der Waals surface area contributed by atoms with Crippen LogP contribution in [0.5, 0.6) is 0 Å². The Bertz CT molecular complexity index is 446. The first-order valence-corrected chi connectivity index (χ1v) is 7.48. The largest absolute Gasteiger partial charge is 0.339 e. The minimum Gasteiger partial charge on any atom is -0.339 e. The quantitative estimate of drug-likeness (QED) is 0.915. The molecular formula is C15H26N4O. The summed E-state index contributed by atoms with van der Waals surface area (Å²) < 4.78 is 0. The zero-order valence-corrected chi connectivity index (χ0v) is 13.0. The van der Waals surface area contributed by atoms with Gasteiger partial charge in [0, 0.05) is 31.4 Å². The first kappa shape index (κ1) is 15.0. The van der Waals surface area contributed by atoms with Gasteiger partial charge in [0.05, 0.1) is 11.8 Å². The van der Waals surface area contributed by atoms with Gasteiger partial charge >= 0.3 is 0 Å². The molecule has 0 bridgehead atoms. The average molecular weight is 278 g/mol. The summed E-state index contributed by atoms with van der Waals surface area (Å²) in [5, 5.41) is 6.76. The molecule has 0 aromatic carbocycles. The number of carbonyl (C=O) groups is 1. The maximum absolute atomic E-state index is 12.4. The highest BCUT2D eigenvalue weighted by atomic mass is 16.2. The van der Waals surface area contributed by atoms with Gasteiger partial charge in [-0.2, -0.15) is 5.10 Å². The molecule has 0 atom stereocenters. The molecule has 1 aliphatic heterocycles. The lowest BCUT2D eigenvalue weighted by atomic mass is 9.95. The fourth-order valence-electron chi connectivity index (χ4n) is 2.67. The van der Waals surface area contributed by atoms with Crippen molar-refractivity contribution in [1.29, 1.82) is 0 Å². The zero-order valence-electron chi connectivity index (χ0n) is 13.0.